The van der Waals surface area contributed by atoms with Gasteiger partial charge in [-0.25, -0.2) is 4.68 Å². The van der Waals surface area contributed by atoms with Crippen molar-refractivity contribution in [3.63, 3.8) is 0 Å². The first-order valence-electron chi connectivity index (χ1n) is 8.07. The fraction of sp³-hybridized carbons (Fsp3) is 0.222. The van der Waals surface area contributed by atoms with Gasteiger partial charge < -0.3 is 9.63 Å². The Bertz CT molecular complexity index is 1030. The second kappa shape index (κ2) is 6.01. The molecule has 25 heavy (non-hydrogen) atoms. The SMILES string of the molecule is CC(C)Cn1nnc2cc(-c3nc(-c4ccccc4O)no3)ccc21. The van der Waals surface area contributed by atoms with Crippen LogP contribution in [0.1, 0.15) is 13.8 Å². The second-order valence-electron chi connectivity index (χ2n) is 6.31. The summed E-state index contributed by atoms with van der Waals surface area (Å²) in [6, 6.07) is 12.6. The topological polar surface area (TPSA) is 89.9 Å². The first-order valence-corrected chi connectivity index (χ1v) is 8.07. The van der Waals surface area contributed by atoms with Crippen molar-refractivity contribution < 1.29 is 9.63 Å². The molecule has 4 rings (SSSR count). The molecule has 126 valence electrons. The minimum atomic E-state index is 0.113. The van der Waals surface area contributed by atoms with Gasteiger partial charge >= 0.3 is 0 Å². The average molecular weight is 335 g/mol. The van der Waals surface area contributed by atoms with E-state index in [9.17, 15) is 5.11 Å². The molecule has 1 N–H and O–H groups in total. The van der Waals surface area contributed by atoms with Crippen LogP contribution in [-0.2, 0) is 6.54 Å². The van der Waals surface area contributed by atoms with Gasteiger partial charge in [0.2, 0.25) is 5.82 Å². The molecular weight excluding hydrogens is 318 g/mol. The molecular formula is C18H17N5O2. The summed E-state index contributed by atoms with van der Waals surface area (Å²) in [4.78, 5) is 4.38. The molecule has 7 heteroatoms. The molecule has 0 unspecified atom stereocenters. The van der Waals surface area contributed by atoms with Gasteiger partial charge in [-0.05, 0) is 36.2 Å². The van der Waals surface area contributed by atoms with Crippen LogP contribution in [0.15, 0.2) is 47.0 Å². The van der Waals surface area contributed by atoms with Crippen molar-refractivity contribution in [2.24, 2.45) is 5.92 Å². The second-order valence-corrected chi connectivity index (χ2v) is 6.31. The summed E-state index contributed by atoms with van der Waals surface area (Å²) in [6.07, 6.45) is 0. The summed E-state index contributed by atoms with van der Waals surface area (Å²) < 4.78 is 7.25. The van der Waals surface area contributed by atoms with Gasteiger partial charge in [-0.15, -0.1) is 5.10 Å². The van der Waals surface area contributed by atoms with Crippen LogP contribution in [0.2, 0.25) is 0 Å². The highest BCUT2D eigenvalue weighted by atomic mass is 16.5. The number of benzene rings is 2. The highest BCUT2D eigenvalue weighted by molar-refractivity contribution is 5.80. The highest BCUT2D eigenvalue weighted by Gasteiger charge is 2.15. The fourth-order valence-corrected chi connectivity index (χ4v) is 2.70. The van der Waals surface area contributed by atoms with Gasteiger partial charge in [0.15, 0.2) is 0 Å². The highest BCUT2D eigenvalue weighted by Crippen LogP contribution is 2.29. The Kier molecular flexibility index (Phi) is 3.68. The molecule has 0 radical (unpaired) electrons. The quantitative estimate of drug-likeness (QED) is 0.614. The van der Waals surface area contributed by atoms with E-state index in [1.807, 2.05) is 28.9 Å². The Morgan fingerprint density at radius 1 is 1.16 bits per heavy atom. The molecule has 7 nitrogen and oxygen atoms in total. The lowest BCUT2D eigenvalue weighted by Gasteiger charge is -2.04. The average Bonchev–Trinajstić information content (AvgIpc) is 3.22. The van der Waals surface area contributed by atoms with Crippen molar-refractivity contribution in [2.75, 3.05) is 0 Å². The van der Waals surface area contributed by atoms with E-state index in [4.69, 9.17) is 4.52 Å². The summed E-state index contributed by atoms with van der Waals surface area (Å²) in [6.45, 7) is 5.09. The summed E-state index contributed by atoms with van der Waals surface area (Å²) in [5, 5.41) is 22.3. The number of hydrogen-bond acceptors (Lipinski definition) is 6. The Labute approximate surface area is 143 Å². The zero-order valence-corrected chi connectivity index (χ0v) is 13.9. The summed E-state index contributed by atoms with van der Waals surface area (Å²) in [7, 11) is 0. The molecule has 0 aliphatic heterocycles. The van der Waals surface area contributed by atoms with Gasteiger partial charge in [-0.2, -0.15) is 4.98 Å². The largest absolute Gasteiger partial charge is 0.507 e. The van der Waals surface area contributed by atoms with Crippen LogP contribution in [0, 0.1) is 5.92 Å². The van der Waals surface area contributed by atoms with Gasteiger partial charge in [-0.1, -0.05) is 36.4 Å². The third-order valence-electron chi connectivity index (χ3n) is 3.87. The van der Waals surface area contributed by atoms with Gasteiger partial charge in [0.25, 0.3) is 5.89 Å². The van der Waals surface area contributed by atoms with Crippen LogP contribution in [-0.4, -0.2) is 30.2 Å². The zero-order chi connectivity index (χ0) is 17.4. The molecule has 0 aliphatic rings. The Balaban J connectivity index is 1.70. The first kappa shape index (κ1) is 15.3. The van der Waals surface area contributed by atoms with E-state index >= 15 is 0 Å². The number of para-hydroxylation sites is 1. The molecule has 4 aromatic rings. The molecule has 0 saturated carbocycles. The fourth-order valence-electron chi connectivity index (χ4n) is 2.70. The number of rotatable bonds is 4. The molecule has 0 bridgehead atoms. The van der Waals surface area contributed by atoms with E-state index in [1.165, 1.54) is 0 Å². The van der Waals surface area contributed by atoms with E-state index in [1.54, 1.807) is 18.2 Å². The maximum atomic E-state index is 9.92. The van der Waals surface area contributed by atoms with Crippen molar-refractivity contribution in [1.82, 2.24) is 25.1 Å². The van der Waals surface area contributed by atoms with Gasteiger partial charge in [0.1, 0.15) is 11.3 Å². The normalized spacial score (nSPS) is 11.5. The molecule has 0 aliphatic carbocycles. The molecule has 0 spiro atoms. The number of aromatic hydroxyl groups is 1. The Morgan fingerprint density at radius 2 is 2.00 bits per heavy atom. The van der Waals surface area contributed by atoms with Crippen molar-refractivity contribution in [1.29, 1.82) is 0 Å². The van der Waals surface area contributed by atoms with Crippen LogP contribution in [0.3, 0.4) is 0 Å². The molecule has 0 fully saturated rings. The van der Waals surface area contributed by atoms with Crippen LogP contribution >= 0.6 is 0 Å². The monoisotopic (exact) mass is 335 g/mol. The maximum Gasteiger partial charge on any atom is 0.258 e. The Morgan fingerprint density at radius 3 is 2.80 bits per heavy atom. The number of phenolic OH excluding ortho intramolecular Hbond substituents is 1. The summed E-state index contributed by atoms with van der Waals surface area (Å²) in [5.41, 5.74) is 3.04. The maximum absolute atomic E-state index is 9.92. The predicted molar refractivity (Wildman–Crippen MR) is 92.8 cm³/mol. The van der Waals surface area contributed by atoms with Crippen LogP contribution in [0.25, 0.3) is 33.9 Å². The van der Waals surface area contributed by atoms with Gasteiger partial charge in [0.05, 0.1) is 11.1 Å². The van der Waals surface area contributed by atoms with E-state index in [-0.39, 0.29) is 5.75 Å². The molecule has 0 amide bonds. The molecule has 0 atom stereocenters. The number of fused-ring (bicyclic) bond motifs is 1. The first-order chi connectivity index (χ1) is 12.1. The van der Waals surface area contributed by atoms with Crippen LogP contribution in [0.5, 0.6) is 5.75 Å². The summed E-state index contributed by atoms with van der Waals surface area (Å²) >= 11 is 0. The van der Waals surface area contributed by atoms with Gasteiger partial charge in [-0.3, -0.25) is 0 Å². The summed E-state index contributed by atoms with van der Waals surface area (Å²) in [5.74, 6) is 1.32. The lowest BCUT2D eigenvalue weighted by atomic mass is 10.1. The minimum absolute atomic E-state index is 0.113. The minimum Gasteiger partial charge on any atom is -0.507 e. The van der Waals surface area contributed by atoms with Crippen LogP contribution in [0.4, 0.5) is 0 Å². The number of phenols is 1. The standard InChI is InChI=1S/C18H17N5O2/c1-11(2)10-23-15-8-7-12(9-14(15)20-22-23)18-19-17(21-25-18)13-5-3-4-6-16(13)24/h3-9,11,24H,10H2,1-2H3. The van der Waals surface area contributed by atoms with Crippen molar-refractivity contribution in [2.45, 2.75) is 20.4 Å². The Hall–Kier alpha value is -3.22. The third-order valence-corrected chi connectivity index (χ3v) is 3.87. The number of aromatic nitrogens is 5. The van der Waals surface area contributed by atoms with Crippen molar-refractivity contribution in [3.8, 4) is 28.6 Å². The molecule has 2 aromatic carbocycles. The lowest BCUT2D eigenvalue weighted by molar-refractivity contribution is 0.431. The smallest absolute Gasteiger partial charge is 0.258 e. The van der Waals surface area contributed by atoms with Crippen molar-refractivity contribution >= 4 is 11.0 Å². The number of nitrogens with zero attached hydrogens (tertiary/aromatic N) is 5. The zero-order valence-electron chi connectivity index (χ0n) is 13.9. The van der Waals surface area contributed by atoms with E-state index < -0.39 is 0 Å². The van der Waals surface area contributed by atoms with E-state index in [0.29, 0.717) is 23.2 Å². The van der Waals surface area contributed by atoms with Crippen molar-refractivity contribution in [3.05, 3.63) is 42.5 Å². The van der Waals surface area contributed by atoms with E-state index in [2.05, 4.69) is 34.3 Å². The lowest BCUT2D eigenvalue weighted by Crippen LogP contribution is -2.05. The van der Waals surface area contributed by atoms with Crippen LogP contribution < -0.4 is 0 Å². The van der Waals surface area contributed by atoms with Gasteiger partial charge in [0, 0.05) is 12.1 Å². The predicted octanol–water partition coefficient (Wildman–Crippen LogP) is 3.51. The molecule has 2 heterocycles. The van der Waals surface area contributed by atoms with E-state index in [0.717, 1.165) is 23.1 Å². The molecule has 2 aromatic heterocycles. The number of hydrogen-bond donors (Lipinski definition) is 1. The molecule has 0 saturated heterocycles. The third kappa shape index (κ3) is 2.84.